The minimum Gasteiger partial charge on any atom is -0.143 e. The van der Waals surface area contributed by atoms with Crippen LogP contribution in [0.3, 0.4) is 0 Å². The SMILES string of the molecule is Cc1csc2c(CC(C)C)cccc12. The zero-order chi connectivity index (χ0) is 10.1. The van der Waals surface area contributed by atoms with Crippen molar-refractivity contribution in [2.45, 2.75) is 27.2 Å². The predicted octanol–water partition coefficient (Wildman–Crippen LogP) is 4.41. The normalized spacial score (nSPS) is 11.4. The van der Waals surface area contributed by atoms with Gasteiger partial charge in [0.15, 0.2) is 0 Å². The Morgan fingerprint density at radius 3 is 2.79 bits per heavy atom. The fourth-order valence-corrected chi connectivity index (χ4v) is 2.93. The van der Waals surface area contributed by atoms with E-state index >= 15 is 0 Å². The Hall–Kier alpha value is -0.820. The van der Waals surface area contributed by atoms with E-state index in [0.29, 0.717) is 0 Å². The van der Waals surface area contributed by atoms with Crippen LogP contribution in [0.4, 0.5) is 0 Å². The first kappa shape index (κ1) is 9.72. The fourth-order valence-electron chi connectivity index (χ4n) is 1.85. The van der Waals surface area contributed by atoms with Crippen molar-refractivity contribution in [1.29, 1.82) is 0 Å². The zero-order valence-corrected chi connectivity index (χ0v) is 9.82. The molecule has 0 atom stereocenters. The Kier molecular flexibility index (Phi) is 2.60. The second-order valence-electron chi connectivity index (χ2n) is 4.31. The molecule has 0 aliphatic rings. The topological polar surface area (TPSA) is 0 Å². The highest BCUT2D eigenvalue weighted by atomic mass is 32.1. The Morgan fingerprint density at radius 2 is 2.07 bits per heavy atom. The van der Waals surface area contributed by atoms with Gasteiger partial charge in [0.05, 0.1) is 0 Å². The van der Waals surface area contributed by atoms with Crippen LogP contribution in [0.2, 0.25) is 0 Å². The molecule has 0 saturated carbocycles. The lowest BCUT2D eigenvalue weighted by Crippen LogP contribution is -1.93. The van der Waals surface area contributed by atoms with Crippen molar-refractivity contribution in [3.8, 4) is 0 Å². The molecule has 0 N–H and O–H groups in total. The molecule has 0 unspecified atom stereocenters. The second-order valence-corrected chi connectivity index (χ2v) is 5.19. The van der Waals surface area contributed by atoms with E-state index in [1.54, 1.807) is 0 Å². The van der Waals surface area contributed by atoms with Crippen LogP contribution in [0.15, 0.2) is 23.6 Å². The smallest absolute Gasteiger partial charge is 0.0377 e. The predicted molar refractivity (Wildman–Crippen MR) is 65.1 cm³/mol. The van der Waals surface area contributed by atoms with E-state index < -0.39 is 0 Å². The molecular formula is C13H16S. The molecule has 0 fully saturated rings. The highest BCUT2D eigenvalue weighted by molar-refractivity contribution is 7.17. The molecule has 0 amide bonds. The van der Waals surface area contributed by atoms with Gasteiger partial charge in [0.25, 0.3) is 0 Å². The van der Waals surface area contributed by atoms with Gasteiger partial charge in [-0.3, -0.25) is 0 Å². The largest absolute Gasteiger partial charge is 0.143 e. The van der Waals surface area contributed by atoms with Gasteiger partial charge in [-0.05, 0) is 41.2 Å². The van der Waals surface area contributed by atoms with Crippen LogP contribution in [0.25, 0.3) is 10.1 Å². The molecule has 2 rings (SSSR count). The van der Waals surface area contributed by atoms with Crippen LogP contribution in [0.1, 0.15) is 25.0 Å². The maximum absolute atomic E-state index is 2.28. The highest BCUT2D eigenvalue weighted by Crippen LogP contribution is 2.29. The van der Waals surface area contributed by atoms with Gasteiger partial charge in [-0.1, -0.05) is 32.0 Å². The molecule has 1 aromatic carbocycles. The van der Waals surface area contributed by atoms with Gasteiger partial charge in [-0.2, -0.15) is 0 Å². The first-order chi connectivity index (χ1) is 6.68. The summed E-state index contributed by atoms with van der Waals surface area (Å²) in [5, 5.41) is 3.70. The molecule has 1 heterocycles. The number of benzene rings is 1. The van der Waals surface area contributed by atoms with Gasteiger partial charge in [0, 0.05) is 4.70 Å². The maximum Gasteiger partial charge on any atom is 0.0377 e. The van der Waals surface area contributed by atoms with Crippen LogP contribution in [0.5, 0.6) is 0 Å². The summed E-state index contributed by atoms with van der Waals surface area (Å²) >= 11 is 1.88. The molecule has 0 aliphatic carbocycles. The van der Waals surface area contributed by atoms with Crippen molar-refractivity contribution in [1.82, 2.24) is 0 Å². The Bertz CT molecular complexity index is 437. The standard InChI is InChI=1S/C13H16S/c1-9(2)7-11-5-4-6-12-10(3)8-14-13(11)12/h4-6,8-9H,7H2,1-3H3. The Morgan fingerprint density at radius 1 is 1.29 bits per heavy atom. The fraction of sp³-hybridized carbons (Fsp3) is 0.385. The van der Waals surface area contributed by atoms with Crippen molar-refractivity contribution in [2.75, 3.05) is 0 Å². The van der Waals surface area contributed by atoms with E-state index in [9.17, 15) is 0 Å². The Labute approximate surface area is 89.6 Å². The summed E-state index contributed by atoms with van der Waals surface area (Å²) in [5.41, 5.74) is 2.92. The van der Waals surface area contributed by atoms with E-state index in [1.807, 2.05) is 11.3 Å². The van der Waals surface area contributed by atoms with E-state index in [2.05, 4.69) is 44.4 Å². The first-order valence-electron chi connectivity index (χ1n) is 5.14. The number of rotatable bonds is 2. The monoisotopic (exact) mass is 204 g/mol. The van der Waals surface area contributed by atoms with Crippen LogP contribution >= 0.6 is 11.3 Å². The third-order valence-electron chi connectivity index (χ3n) is 2.50. The summed E-state index contributed by atoms with van der Waals surface area (Å²) in [4.78, 5) is 0. The van der Waals surface area contributed by atoms with Crippen molar-refractivity contribution in [2.24, 2.45) is 5.92 Å². The van der Waals surface area contributed by atoms with Crippen LogP contribution in [-0.4, -0.2) is 0 Å². The van der Waals surface area contributed by atoms with Crippen LogP contribution < -0.4 is 0 Å². The van der Waals surface area contributed by atoms with E-state index in [4.69, 9.17) is 0 Å². The highest BCUT2D eigenvalue weighted by Gasteiger charge is 2.06. The number of thiophene rings is 1. The molecule has 0 radical (unpaired) electrons. The lowest BCUT2D eigenvalue weighted by atomic mass is 10.0. The Balaban J connectivity index is 2.54. The number of aryl methyl sites for hydroxylation is 1. The molecule has 14 heavy (non-hydrogen) atoms. The molecule has 0 nitrogen and oxygen atoms in total. The summed E-state index contributed by atoms with van der Waals surface area (Å²) in [7, 11) is 0. The molecule has 0 spiro atoms. The lowest BCUT2D eigenvalue weighted by molar-refractivity contribution is 0.650. The van der Waals surface area contributed by atoms with Gasteiger partial charge in [-0.25, -0.2) is 0 Å². The zero-order valence-electron chi connectivity index (χ0n) is 9.00. The molecule has 2 aromatic rings. The quantitative estimate of drug-likeness (QED) is 0.680. The minimum absolute atomic E-state index is 0.739. The number of hydrogen-bond donors (Lipinski definition) is 0. The third-order valence-corrected chi connectivity index (χ3v) is 3.69. The molecular weight excluding hydrogens is 188 g/mol. The van der Waals surface area contributed by atoms with Gasteiger partial charge in [-0.15, -0.1) is 11.3 Å². The van der Waals surface area contributed by atoms with Gasteiger partial charge >= 0.3 is 0 Å². The lowest BCUT2D eigenvalue weighted by Gasteiger charge is -2.05. The van der Waals surface area contributed by atoms with E-state index in [0.717, 1.165) is 5.92 Å². The van der Waals surface area contributed by atoms with Gasteiger partial charge in [0.1, 0.15) is 0 Å². The average molecular weight is 204 g/mol. The first-order valence-corrected chi connectivity index (χ1v) is 6.02. The van der Waals surface area contributed by atoms with Crippen molar-refractivity contribution >= 4 is 21.4 Å². The van der Waals surface area contributed by atoms with Crippen molar-refractivity contribution < 1.29 is 0 Å². The van der Waals surface area contributed by atoms with Crippen molar-refractivity contribution in [3.63, 3.8) is 0 Å². The summed E-state index contributed by atoms with van der Waals surface area (Å²) in [5.74, 6) is 0.739. The number of hydrogen-bond acceptors (Lipinski definition) is 1. The molecule has 0 aliphatic heterocycles. The minimum atomic E-state index is 0.739. The molecule has 0 saturated heterocycles. The summed E-state index contributed by atoms with van der Waals surface area (Å²) in [6.07, 6.45) is 1.19. The van der Waals surface area contributed by atoms with Gasteiger partial charge < -0.3 is 0 Å². The van der Waals surface area contributed by atoms with E-state index in [-0.39, 0.29) is 0 Å². The summed E-state index contributed by atoms with van der Waals surface area (Å²) in [6, 6.07) is 6.67. The molecule has 74 valence electrons. The third kappa shape index (κ3) is 1.69. The molecule has 1 aromatic heterocycles. The second kappa shape index (κ2) is 3.74. The van der Waals surface area contributed by atoms with Crippen LogP contribution in [-0.2, 0) is 6.42 Å². The van der Waals surface area contributed by atoms with Crippen LogP contribution in [0, 0.1) is 12.8 Å². The summed E-state index contributed by atoms with van der Waals surface area (Å²) in [6.45, 7) is 6.75. The average Bonchev–Trinajstić information content (AvgIpc) is 2.49. The maximum atomic E-state index is 2.28. The van der Waals surface area contributed by atoms with Gasteiger partial charge in [0.2, 0.25) is 0 Å². The van der Waals surface area contributed by atoms with E-state index in [1.165, 1.54) is 27.6 Å². The summed E-state index contributed by atoms with van der Waals surface area (Å²) < 4.78 is 1.48. The number of fused-ring (bicyclic) bond motifs is 1. The van der Waals surface area contributed by atoms with Crippen molar-refractivity contribution in [3.05, 3.63) is 34.7 Å². The molecule has 1 heteroatoms. The molecule has 0 bridgehead atoms.